The highest BCUT2D eigenvalue weighted by Crippen LogP contribution is 2.23. The molecule has 21 heavy (non-hydrogen) atoms. The van der Waals surface area contributed by atoms with Crippen LogP contribution in [0.3, 0.4) is 0 Å². The van der Waals surface area contributed by atoms with Crippen LogP contribution < -0.4 is 11.1 Å². The normalized spacial score (nSPS) is 10.0. The van der Waals surface area contributed by atoms with Gasteiger partial charge < -0.3 is 11.1 Å². The molecule has 0 saturated carbocycles. The van der Waals surface area contributed by atoms with Crippen LogP contribution in [0, 0.1) is 24.1 Å². The molecule has 106 valence electrons. The summed E-state index contributed by atoms with van der Waals surface area (Å²) in [5, 5.41) is 11.7. The molecule has 2 rings (SSSR count). The zero-order valence-corrected chi connectivity index (χ0v) is 11.8. The summed E-state index contributed by atoms with van der Waals surface area (Å²) in [5.74, 6) is -1.02. The van der Waals surface area contributed by atoms with E-state index in [1.54, 1.807) is 0 Å². The average Bonchev–Trinajstić information content (AvgIpc) is 2.46. The SMILES string of the molecule is Cc1c(F)cc(C#N)cc1NC(=O)c1ccc(Cl)c(N)c1. The van der Waals surface area contributed by atoms with Gasteiger partial charge in [-0.05, 0) is 37.3 Å². The Morgan fingerprint density at radius 2 is 2.10 bits per heavy atom. The number of nitriles is 1. The monoisotopic (exact) mass is 303 g/mol. The Morgan fingerprint density at radius 1 is 1.38 bits per heavy atom. The van der Waals surface area contributed by atoms with E-state index in [1.807, 2.05) is 6.07 Å². The van der Waals surface area contributed by atoms with Crippen LogP contribution in [0.5, 0.6) is 0 Å². The van der Waals surface area contributed by atoms with Crippen molar-refractivity contribution < 1.29 is 9.18 Å². The van der Waals surface area contributed by atoms with E-state index in [2.05, 4.69) is 5.32 Å². The molecule has 0 atom stereocenters. The Bertz CT molecular complexity index is 768. The molecule has 3 N–H and O–H groups in total. The molecular weight excluding hydrogens is 293 g/mol. The first-order valence-electron chi connectivity index (χ1n) is 5.99. The van der Waals surface area contributed by atoms with Crippen molar-refractivity contribution in [2.24, 2.45) is 0 Å². The van der Waals surface area contributed by atoms with Gasteiger partial charge in [0.1, 0.15) is 5.82 Å². The van der Waals surface area contributed by atoms with Crippen molar-refractivity contribution >= 4 is 28.9 Å². The van der Waals surface area contributed by atoms with E-state index in [0.29, 0.717) is 10.6 Å². The Balaban J connectivity index is 2.33. The number of benzene rings is 2. The van der Waals surface area contributed by atoms with Crippen LogP contribution in [0.2, 0.25) is 5.02 Å². The summed E-state index contributed by atoms with van der Waals surface area (Å²) in [6, 6.07) is 8.81. The van der Waals surface area contributed by atoms with E-state index in [-0.39, 0.29) is 22.5 Å². The first-order valence-corrected chi connectivity index (χ1v) is 6.37. The second kappa shape index (κ2) is 5.81. The quantitative estimate of drug-likeness (QED) is 0.833. The smallest absolute Gasteiger partial charge is 0.255 e. The number of nitrogens with one attached hydrogen (secondary N) is 1. The van der Waals surface area contributed by atoms with Crippen molar-refractivity contribution in [3.8, 4) is 6.07 Å². The highest BCUT2D eigenvalue weighted by atomic mass is 35.5. The lowest BCUT2D eigenvalue weighted by Gasteiger charge is -2.10. The number of anilines is 2. The minimum atomic E-state index is -0.556. The molecule has 0 aliphatic rings. The third kappa shape index (κ3) is 3.12. The number of halogens is 2. The molecule has 0 fully saturated rings. The fourth-order valence-corrected chi connectivity index (χ4v) is 1.87. The van der Waals surface area contributed by atoms with Crippen molar-refractivity contribution in [1.82, 2.24) is 0 Å². The van der Waals surface area contributed by atoms with Crippen molar-refractivity contribution in [3.63, 3.8) is 0 Å². The number of hydrogen-bond acceptors (Lipinski definition) is 3. The van der Waals surface area contributed by atoms with Gasteiger partial charge in [0.15, 0.2) is 0 Å². The molecule has 0 radical (unpaired) electrons. The van der Waals surface area contributed by atoms with Gasteiger partial charge in [-0.3, -0.25) is 4.79 Å². The third-order valence-corrected chi connectivity index (χ3v) is 3.32. The first-order chi connectivity index (χ1) is 9.92. The molecule has 0 saturated heterocycles. The Kier molecular flexibility index (Phi) is 4.10. The summed E-state index contributed by atoms with van der Waals surface area (Å²) < 4.78 is 13.7. The standard InChI is InChI=1S/C15H11ClFN3O/c1-8-12(17)4-9(7-18)5-14(8)20-15(21)10-2-3-11(16)13(19)6-10/h2-6H,19H2,1H3,(H,20,21). The molecule has 0 aliphatic carbocycles. The van der Waals surface area contributed by atoms with E-state index in [1.165, 1.54) is 31.2 Å². The average molecular weight is 304 g/mol. The molecule has 0 heterocycles. The molecule has 0 bridgehead atoms. The van der Waals surface area contributed by atoms with Gasteiger partial charge >= 0.3 is 0 Å². The van der Waals surface area contributed by atoms with Gasteiger partial charge in [-0.1, -0.05) is 11.6 Å². The Labute approximate surface area is 125 Å². The van der Waals surface area contributed by atoms with Crippen LogP contribution in [-0.4, -0.2) is 5.91 Å². The minimum absolute atomic E-state index is 0.129. The third-order valence-electron chi connectivity index (χ3n) is 2.98. The van der Waals surface area contributed by atoms with Gasteiger partial charge in [-0.2, -0.15) is 5.26 Å². The molecule has 0 aliphatic heterocycles. The zero-order chi connectivity index (χ0) is 15.6. The predicted molar refractivity (Wildman–Crippen MR) is 79.7 cm³/mol. The van der Waals surface area contributed by atoms with Crippen molar-refractivity contribution in [2.75, 3.05) is 11.1 Å². The van der Waals surface area contributed by atoms with Crippen LogP contribution in [0.4, 0.5) is 15.8 Å². The highest BCUT2D eigenvalue weighted by molar-refractivity contribution is 6.33. The first kappa shape index (κ1) is 14.8. The number of hydrogen-bond donors (Lipinski definition) is 2. The molecule has 4 nitrogen and oxygen atoms in total. The van der Waals surface area contributed by atoms with Crippen molar-refractivity contribution in [3.05, 3.63) is 57.9 Å². The van der Waals surface area contributed by atoms with Crippen LogP contribution in [0.25, 0.3) is 0 Å². The molecule has 2 aromatic carbocycles. The predicted octanol–water partition coefficient (Wildman–Crippen LogP) is 3.49. The van der Waals surface area contributed by atoms with Crippen molar-refractivity contribution in [2.45, 2.75) is 6.92 Å². The Hall–Kier alpha value is -2.58. The van der Waals surface area contributed by atoms with Gasteiger partial charge in [0, 0.05) is 16.8 Å². The summed E-state index contributed by atoms with van der Waals surface area (Å²) >= 11 is 5.79. The molecule has 0 unspecified atom stereocenters. The largest absolute Gasteiger partial charge is 0.398 e. The van der Waals surface area contributed by atoms with Gasteiger partial charge in [0.2, 0.25) is 0 Å². The molecule has 2 aromatic rings. The number of nitrogens with two attached hydrogens (primary N) is 1. The maximum atomic E-state index is 13.7. The lowest BCUT2D eigenvalue weighted by Crippen LogP contribution is -2.13. The zero-order valence-electron chi connectivity index (χ0n) is 11.1. The fourth-order valence-electron chi connectivity index (χ4n) is 1.75. The topological polar surface area (TPSA) is 78.9 Å². The number of nitrogens with zero attached hydrogens (tertiary/aromatic N) is 1. The van der Waals surface area contributed by atoms with E-state index in [0.717, 1.165) is 6.07 Å². The molecular formula is C15H11ClFN3O. The summed E-state index contributed by atoms with van der Waals surface area (Å²) in [4.78, 5) is 12.1. The lowest BCUT2D eigenvalue weighted by molar-refractivity contribution is 0.102. The van der Waals surface area contributed by atoms with E-state index >= 15 is 0 Å². The van der Waals surface area contributed by atoms with Gasteiger partial charge in [0.05, 0.1) is 22.3 Å². The number of amides is 1. The van der Waals surface area contributed by atoms with E-state index in [4.69, 9.17) is 22.6 Å². The van der Waals surface area contributed by atoms with Crippen LogP contribution in [0.15, 0.2) is 30.3 Å². The molecule has 6 heteroatoms. The van der Waals surface area contributed by atoms with Crippen molar-refractivity contribution in [1.29, 1.82) is 5.26 Å². The number of rotatable bonds is 2. The van der Waals surface area contributed by atoms with Gasteiger partial charge in [0.25, 0.3) is 5.91 Å². The molecule has 1 amide bonds. The summed E-state index contributed by atoms with van der Waals surface area (Å²) in [5.41, 5.74) is 6.83. The lowest BCUT2D eigenvalue weighted by atomic mass is 10.1. The molecule has 0 aromatic heterocycles. The number of nitrogen functional groups attached to an aromatic ring is 1. The summed E-state index contributed by atoms with van der Waals surface area (Å²) in [6.45, 7) is 1.52. The second-order valence-corrected chi connectivity index (χ2v) is 4.84. The highest BCUT2D eigenvalue weighted by Gasteiger charge is 2.12. The summed E-state index contributed by atoms with van der Waals surface area (Å²) in [7, 11) is 0. The maximum absolute atomic E-state index is 13.7. The van der Waals surface area contributed by atoms with Crippen LogP contribution >= 0.6 is 11.6 Å². The van der Waals surface area contributed by atoms with E-state index in [9.17, 15) is 9.18 Å². The van der Waals surface area contributed by atoms with Crippen LogP contribution in [-0.2, 0) is 0 Å². The minimum Gasteiger partial charge on any atom is -0.398 e. The maximum Gasteiger partial charge on any atom is 0.255 e. The molecule has 0 spiro atoms. The van der Waals surface area contributed by atoms with Gasteiger partial charge in [-0.25, -0.2) is 4.39 Å². The fraction of sp³-hybridized carbons (Fsp3) is 0.0667. The number of carbonyl (C=O) groups excluding carboxylic acids is 1. The van der Waals surface area contributed by atoms with Gasteiger partial charge in [-0.15, -0.1) is 0 Å². The second-order valence-electron chi connectivity index (χ2n) is 4.43. The summed E-state index contributed by atoms with van der Waals surface area (Å²) in [6.07, 6.45) is 0. The Morgan fingerprint density at radius 3 is 2.71 bits per heavy atom. The number of carbonyl (C=O) groups is 1. The van der Waals surface area contributed by atoms with E-state index < -0.39 is 11.7 Å². The van der Waals surface area contributed by atoms with Crippen LogP contribution in [0.1, 0.15) is 21.5 Å².